The molecule has 20 heavy (non-hydrogen) atoms. The van der Waals surface area contributed by atoms with Crippen molar-refractivity contribution in [2.24, 2.45) is 0 Å². The van der Waals surface area contributed by atoms with Crippen molar-refractivity contribution in [3.63, 3.8) is 0 Å². The molecule has 0 spiro atoms. The highest BCUT2D eigenvalue weighted by Crippen LogP contribution is 2.22. The van der Waals surface area contributed by atoms with E-state index < -0.39 is 10.9 Å². The van der Waals surface area contributed by atoms with Crippen molar-refractivity contribution < 1.29 is 10.2 Å². The molecule has 0 fully saturated rings. The minimum absolute atomic E-state index is 0.237. The summed E-state index contributed by atoms with van der Waals surface area (Å²) in [6.07, 6.45) is 4.37. The molecule has 2 aromatic rings. The summed E-state index contributed by atoms with van der Waals surface area (Å²) in [5.74, 6) is 0.254. The summed E-state index contributed by atoms with van der Waals surface area (Å²) in [7, 11) is 0. The molecule has 0 amide bonds. The van der Waals surface area contributed by atoms with Crippen LogP contribution in [0.1, 0.15) is 6.04 Å². The monoisotopic (exact) mass is 317 g/mol. The molecule has 2 rings (SSSR count). The van der Waals surface area contributed by atoms with Gasteiger partial charge < -0.3 is 20.5 Å². The minimum Gasteiger partial charge on any atom is -0.394 e. The number of rotatable bonds is 5. The van der Waals surface area contributed by atoms with E-state index in [4.69, 9.17) is 28.9 Å². The van der Waals surface area contributed by atoms with Crippen molar-refractivity contribution in [3.05, 3.63) is 24.3 Å². The van der Waals surface area contributed by atoms with E-state index in [0.29, 0.717) is 16.7 Å². The van der Waals surface area contributed by atoms with Crippen molar-refractivity contribution in [2.75, 3.05) is 18.9 Å². The van der Waals surface area contributed by atoms with Gasteiger partial charge in [-0.2, -0.15) is 0 Å². The highest BCUT2D eigenvalue weighted by molar-refractivity contribution is 6.46. The van der Waals surface area contributed by atoms with Crippen molar-refractivity contribution in [1.29, 1.82) is 0 Å². The SMILES string of the molecule is Nc1ncnc2c1ncn2C(C=C(CO)C(Cl)Cl)CO. The predicted molar refractivity (Wildman–Crippen MR) is 76.5 cm³/mol. The number of alkyl halides is 2. The molecule has 0 saturated heterocycles. The topological polar surface area (TPSA) is 110 Å². The first-order chi connectivity index (χ1) is 9.58. The third-order valence-corrected chi connectivity index (χ3v) is 3.36. The molecule has 0 aliphatic carbocycles. The fraction of sp³-hybridized carbons (Fsp3) is 0.364. The summed E-state index contributed by atoms with van der Waals surface area (Å²) in [6, 6.07) is -0.517. The number of hydrogen-bond donors (Lipinski definition) is 3. The van der Waals surface area contributed by atoms with Gasteiger partial charge in [-0.15, -0.1) is 23.2 Å². The Morgan fingerprint density at radius 2 is 2.10 bits per heavy atom. The fourth-order valence-corrected chi connectivity index (χ4v) is 2.06. The zero-order valence-electron chi connectivity index (χ0n) is 10.3. The third kappa shape index (κ3) is 2.85. The van der Waals surface area contributed by atoms with Gasteiger partial charge in [-0.05, 0) is 5.57 Å². The van der Waals surface area contributed by atoms with Crippen LogP contribution in [0.5, 0.6) is 0 Å². The number of hydrogen-bond acceptors (Lipinski definition) is 6. The first kappa shape index (κ1) is 15.0. The first-order valence-electron chi connectivity index (χ1n) is 5.72. The molecule has 108 valence electrons. The zero-order valence-corrected chi connectivity index (χ0v) is 11.8. The second-order valence-electron chi connectivity index (χ2n) is 4.03. The van der Waals surface area contributed by atoms with Crippen molar-refractivity contribution in [3.8, 4) is 0 Å². The molecule has 7 nitrogen and oxygen atoms in total. The summed E-state index contributed by atoms with van der Waals surface area (Å²) in [6.45, 7) is -0.544. The number of halogens is 2. The van der Waals surface area contributed by atoms with E-state index in [2.05, 4.69) is 15.0 Å². The van der Waals surface area contributed by atoms with Gasteiger partial charge in [0.1, 0.15) is 16.7 Å². The molecule has 4 N–H and O–H groups in total. The summed E-state index contributed by atoms with van der Waals surface area (Å²) in [4.78, 5) is 11.2. The molecule has 0 saturated carbocycles. The van der Waals surface area contributed by atoms with E-state index >= 15 is 0 Å². The van der Waals surface area contributed by atoms with Gasteiger partial charge in [0.05, 0.1) is 25.6 Å². The molecular formula is C11H13Cl2N5O2. The van der Waals surface area contributed by atoms with Crippen LogP contribution in [-0.4, -0.2) is 47.8 Å². The fourth-order valence-electron chi connectivity index (χ4n) is 1.78. The second kappa shape index (κ2) is 6.36. The smallest absolute Gasteiger partial charge is 0.166 e. The average molecular weight is 318 g/mol. The minimum atomic E-state index is -0.858. The molecule has 0 bridgehead atoms. The van der Waals surface area contributed by atoms with Gasteiger partial charge in [0.25, 0.3) is 0 Å². The van der Waals surface area contributed by atoms with Crippen LogP contribution < -0.4 is 5.73 Å². The zero-order chi connectivity index (χ0) is 14.7. The summed E-state index contributed by atoms with van der Waals surface area (Å²) < 4.78 is 1.61. The largest absolute Gasteiger partial charge is 0.394 e. The quantitative estimate of drug-likeness (QED) is 0.552. The van der Waals surface area contributed by atoms with Crippen LogP contribution in [0, 0.1) is 0 Å². The standard InChI is InChI=1S/C11H13Cl2N5O2/c12-9(13)6(2-19)1-7(3-20)18-5-17-8-10(14)15-4-16-11(8)18/h1,4-5,7,9,19-20H,2-3H2,(H2,14,15,16). The third-order valence-electron chi connectivity index (χ3n) is 2.80. The maximum Gasteiger partial charge on any atom is 0.166 e. The number of imidazole rings is 1. The van der Waals surface area contributed by atoms with Gasteiger partial charge in [-0.3, -0.25) is 0 Å². The molecule has 1 unspecified atom stereocenters. The number of nitrogen functional groups attached to an aromatic ring is 1. The van der Waals surface area contributed by atoms with E-state index in [9.17, 15) is 10.2 Å². The van der Waals surface area contributed by atoms with E-state index in [1.807, 2.05) is 0 Å². The molecule has 2 heterocycles. The lowest BCUT2D eigenvalue weighted by molar-refractivity contribution is 0.253. The number of aromatic nitrogens is 4. The van der Waals surface area contributed by atoms with Crippen LogP contribution >= 0.6 is 23.2 Å². The van der Waals surface area contributed by atoms with Crippen LogP contribution in [-0.2, 0) is 0 Å². The maximum atomic E-state index is 9.52. The molecule has 0 radical (unpaired) electrons. The molecule has 2 aromatic heterocycles. The molecule has 1 atom stereocenters. The number of fused-ring (bicyclic) bond motifs is 1. The average Bonchev–Trinajstić information content (AvgIpc) is 2.85. The Labute approximate surface area is 124 Å². The van der Waals surface area contributed by atoms with Crippen LogP contribution in [0.15, 0.2) is 24.3 Å². The Hall–Kier alpha value is -1.41. The summed E-state index contributed by atoms with van der Waals surface area (Å²) in [5, 5.41) is 18.7. The van der Waals surface area contributed by atoms with E-state index in [1.165, 1.54) is 12.7 Å². The highest BCUT2D eigenvalue weighted by Gasteiger charge is 2.16. The number of aliphatic hydroxyl groups excluding tert-OH is 2. The van der Waals surface area contributed by atoms with Gasteiger partial charge in [-0.25, -0.2) is 15.0 Å². The lowest BCUT2D eigenvalue weighted by Gasteiger charge is -2.15. The Morgan fingerprint density at radius 3 is 2.70 bits per heavy atom. The van der Waals surface area contributed by atoms with Gasteiger partial charge in [-0.1, -0.05) is 6.08 Å². The van der Waals surface area contributed by atoms with Crippen molar-refractivity contribution >= 4 is 40.2 Å². The Balaban J connectivity index is 2.47. The predicted octanol–water partition coefficient (Wildman–Crippen LogP) is 0.664. The Kier molecular flexibility index (Phi) is 4.77. The van der Waals surface area contributed by atoms with Gasteiger partial charge in [0.15, 0.2) is 11.5 Å². The molecule has 0 aromatic carbocycles. The van der Waals surface area contributed by atoms with Crippen molar-refractivity contribution in [1.82, 2.24) is 19.5 Å². The maximum absolute atomic E-state index is 9.52. The Morgan fingerprint density at radius 1 is 1.35 bits per heavy atom. The molecular weight excluding hydrogens is 305 g/mol. The molecule has 0 aliphatic heterocycles. The number of aliphatic hydroxyl groups is 2. The normalized spacial score (nSPS) is 14.2. The lowest BCUT2D eigenvalue weighted by atomic mass is 10.2. The second-order valence-corrected chi connectivity index (χ2v) is 5.13. The number of anilines is 1. The van der Waals surface area contributed by atoms with Crippen LogP contribution in [0.3, 0.4) is 0 Å². The van der Waals surface area contributed by atoms with Crippen LogP contribution in [0.2, 0.25) is 0 Å². The highest BCUT2D eigenvalue weighted by atomic mass is 35.5. The lowest BCUT2D eigenvalue weighted by Crippen LogP contribution is -2.13. The number of nitrogens with two attached hydrogens (primary N) is 1. The van der Waals surface area contributed by atoms with Gasteiger partial charge >= 0.3 is 0 Å². The van der Waals surface area contributed by atoms with E-state index in [-0.39, 0.29) is 19.0 Å². The van der Waals surface area contributed by atoms with Crippen molar-refractivity contribution in [2.45, 2.75) is 10.9 Å². The van der Waals surface area contributed by atoms with Gasteiger partial charge in [0, 0.05) is 0 Å². The molecule has 9 heteroatoms. The number of nitrogens with zero attached hydrogens (tertiary/aromatic N) is 4. The Bertz CT molecular complexity index is 628. The van der Waals surface area contributed by atoms with Crippen LogP contribution in [0.4, 0.5) is 5.82 Å². The van der Waals surface area contributed by atoms with Gasteiger partial charge in [0.2, 0.25) is 0 Å². The van der Waals surface area contributed by atoms with Crippen LogP contribution in [0.25, 0.3) is 11.2 Å². The first-order valence-corrected chi connectivity index (χ1v) is 6.59. The van der Waals surface area contributed by atoms with E-state index in [0.717, 1.165) is 0 Å². The summed E-state index contributed by atoms with van der Waals surface area (Å²) >= 11 is 11.5. The summed E-state index contributed by atoms with van der Waals surface area (Å²) in [5.41, 5.74) is 7.01. The van der Waals surface area contributed by atoms with E-state index in [1.54, 1.807) is 10.6 Å². The molecule has 0 aliphatic rings.